The third-order valence-electron chi connectivity index (χ3n) is 3.77. The third-order valence-corrected chi connectivity index (χ3v) is 4.79. The van der Waals surface area contributed by atoms with E-state index in [0.29, 0.717) is 0 Å². The highest BCUT2D eigenvalue weighted by molar-refractivity contribution is 9.10. The summed E-state index contributed by atoms with van der Waals surface area (Å²) in [6.07, 6.45) is 0. The number of para-hydroxylation sites is 2. The van der Waals surface area contributed by atoms with Crippen molar-refractivity contribution in [3.63, 3.8) is 0 Å². The van der Waals surface area contributed by atoms with Crippen LogP contribution in [0.3, 0.4) is 0 Å². The minimum absolute atomic E-state index is 0.246. The van der Waals surface area contributed by atoms with E-state index in [0.717, 1.165) is 32.8 Å². The summed E-state index contributed by atoms with van der Waals surface area (Å²) in [7, 11) is 0. The van der Waals surface area contributed by atoms with Crippen molar-refractivity contribution in [3.05, 3.63) is 64.5 Å². The molecule has 24 heavy (non-hydrogen) atoms. The van der Waals surface area contributed by atoms with Gasteiger partial charge in [0.1, 0.15) is 5.82 Å². The Morgan fingerprint density at radius 2 is 1.79 bits per heavy atom. The summed E-state index contributed by atoms with van der Waals surface area (Å²) in [5, 5.41) is 4.79. The van der Waals surface area contributed by atoms with Gasteiger partial charge in [-0.25, -0.2) is 9.07 Å². The molecule has 1 N–H and O–H groups in total. The van der Waals surface area contributed by atoms with Gasteiger partial charge in [-0.05, 0) is 58.2 Å². The van der Waals surface area contributed by atoms with Crippen LogP contribution in [0.5, 0.6) is 0 Å². The fraction of sp³-hybridized carbons (Fsp3) is 0.167. The maximum Gasteiger partial charge on any atom is 0.123 e. The van der Waals surface area contributed by atoms with E-state index in [1.54, 1.807) is 12.1 Å². The fourth-order valence-corrected chi connectivity index (χ4v) is 3.69. The van der Waals surface area contributed by atoms with Gasteiger partial charge in [-0.1, -0.05) is 38.8 Å². The largest absolute Gasteiger partial charge is 0.331 e. The molecule has 3 aromatic rings. The number of hydrogen-bond acceptors (Lipinski definition) is 3. The molecule has 1 aromatic heterocycles. The SMILES string of the molecule is CC(C)c1nn(-c2ccccc2NS)c(-c2ccc(F)cc2)c1Br. The summed E-state index contributed by atoms with van der Waals surface area (Å²) in [6.45, 7) is 4.18. The van der Waals surface area contributed by atoms with Crippen LogP contribution < -0.4 is 4.72 Å². The first-order valence-corrected chi connectivity index (χ1v) is 8.80. The second kappa shape index (κ2) is 6.99. The van der Waals surface area contributed by atoms with Gasteiger partial charge < -0.3 is 4.72 Å². The van der Waals surface area contributed by atoms with Crippen LogP contribution in [0.2, 0.25) is 0 Å². The van der Waals surface area contributed by atoms with Gasteiger partial charge in [-0.15, -0.1) is 0 Å². The van der Waals surface area contributed by atoms with Crippen LogP contribution in [0.15, 0.2) is 53.0 Å². The number of benzene rings is 2. The van der Waals surface area contributed by atoms with Crippen LogP contribution in [0.1, 0.15) is 25.5 Å². The molecule has 0 aliphatic carbocycles. The lowest BCUT2D eigenvalue weighted by Crippen LogP contribution is -2.03. The Labute approximate surface area is 154 Å². The van der Waals surface area contributed by atoms with Gasteiger partial charge in [0.05, 0.1) is 27.2 Å². The van der Waals surface area contributed by atoms with Crippen LogP contribution in [0.4, 0.5) is 10.1 Å². The van der Waals surface area contributed by atoms with Gasteiger partial charge >= 0.3 is 0 Å². The van der Waals surface area contributed by atoms with Gasteiger partial charge in [0.25, 0.3) is 0 Å². The van der Waals surface area contributed by atoms with Crippen LogP contribution in [0, 0.1) is 5.82 Å². The van der Waals surface area contributed by atoms with Crippen molar-refractivity contribution in [2.24, 2.45) is 0 Å². The highest BCUT2D eigenvalue weighted by Crippen LogP contribution is 2.37. The monoisotopic (exact) mass is 405 g/mol. The highest BCUT2D eigenvalue weighted by Gasteiger charge is 2.21. The standard InChI is InChI=1S/C18H17BrFN3S/c1-11(2)17-16(19)18(12-7-9-13(20)10-8-12)23(21-17)15-6-4-3-5-14(15)22-24/h3-11,22,24H,1-2H3. The van der Waals surface area contributed by atoms with E-state index in [-0.39, 0.29) is 11.7 Å². The molecule has 3 rings (SSSR count). The van der Waals surface area contributed by atoms with Gasteiger partial charge in [0.2, 0.25) is 0 Å². The zero-order valence-corrected chi connectivity index (χ0v) is 15.8. The van der Waals surface area contributed by atoms with E-state index < -0.39 is 0 Å². The Balaban J connectivity index is 2.29. The molecule has 0 saturated heterocycles. The molecule has 0 amide bonds. The number of rotatable bonds is 4. The normalized spacial score (nSPS) is 11.1. The molecule has 6 heteroatoms. The summed E-state index contributed by atoms with van der Waals surface area (Å²) in [5.41, 5.74) is 4.43. The van der Waals surface area contributed by atoms with Gasteiger partial charge in [0, 0.05) is 5.56 Å². The second-order valence-electron chi connectivity index (χ2n) is 5.75. The smallest absolute Gasteiger partial charge is 0.123 e. The lowest BCUT2D eigenvalue weighted by Gasteiger charge is -2.12. The molecule has 0 unspecified atom stereocenters. The van der Waals surface area contributed by atoms with E-state index in [2.05, 4.69) is 47.3 Å². The van der Waals surface area contributed by atoms with E-state index in [4.69, 9.17) is 5.10 Å². The Kier molecular flexibility index (Phi) is 4.96. The number of thiol groups is 1. The molecule has 0 aliphatic rings. The van der Waals surface area contributed by atoms with Crippen molar-refractivity contribution in [1.82, 2.24) is 9.78 Å². The molecule has 0 atom stereocenters. The maximum absolute atomic E-state index is 13.3. The Morgan fingerprint density at radius 1 is 1.12 bits per heavy atom. The van der Waals surface area contributed by atoms with Crippen molar-refractivity contribution in [2.45, 2.75) is 19.8 Å². The minimum atomic E-state index is -0.262. The van der Waals surface area contributed by atoms with Crippen LogP contribution in [0.25, 0.3) is 16.9 Å². The number of hydrogen-bond donors (Lipinski definition) is 2. The first-order valence-electron chi connectivity index (χ1n) is 7.56. The summed E-state index contributed by atoms with van der Waals surface area (Å²) >= 11 is 7.87. The lowest BCUT2D eigenvalue weighted by atomic mass is 10.1. The number of nitrogens with zero attached hydrogens (tertiary/aromatic N) is 2. The predicted molar refractivity (Wildman–Crippen MR) is 103 cm³/mol. The Hall–Kier alpha value is -1.79. The first-order chi connectivity index (χ1) is 11.5. The number of halogens is 2. The molecule has 0 spiro atoms. The molecule has 0 saturated carbocycles. The van der Waals surface area contributed by atoms with Gasteiger partial charge in [-0.2, -0.15) is 5.10 Å². The average molecular weight is 406 g/mol. The third kappa shape index (κ3) is 3.08. The molecule has 1 heterocycles. The van der Waals surface area contributed by atoms with Crippen molar-refractivity contribution >= 4 is 34.4 Å². The van der Waals surface area contributed by atoms with E-state index in [1.807, 2.05) is 28.9 Å². The van der Waals surface area contributed by atoms with E-state index in [9.17, 15) is 4.39 Å². The molecular formula is C18H17BrFN3S. The summed E-state index contributed by atoms with van der Waals surface area (Å²) < 4.78 is 19.0. The van der Waals surface area contributed by atoms with Crippen molar-refractivity contribution in [3.8, 4) is 16.9 Å². The van der Waals surface area contributed by atoms with Crippen molar-refractivity contribution in [1.29, 1.82) is 0 Å². The summed E-state index contributed by atoms with van der Waals surface area (Å²) in [5.74, 6) is -0.0154. The van der Waals surface area contributed by atoms with Crippen LogP contribution in [-0.2, 0) is 0 Å². The molecule has 124 valence electrons. The predicted octanol–water partition coefficient (Wildman–Crippen LogP) is 5.82. The zero-order valence-electron chi connectivity index (χ0n) is 13.3. The molecule has 0 fully saturated rings. The van der Waals surface area contributed by atoms with E-state index in [1.165, 1.54) is 12.1 Å². The molecule has 0 bridgehead atoms. The quantitative estimate of drug-likeness (QED) is 0.535. The highest BCUT2D eigenvalue weighted by atomic mass is 79.9. The van der Waals surface area contributed by atoms with Crippen molar-refractivity contribution < 1.29 is 4.39 Å². The summed E-state index contributed by atoms with van der Waals surface area (Å²) in [6, 6.07) is 14.2. The lowest BCUT2D eigenvalue weighted by molar-refractivity contribution is 0.628. The van der Waals surface area contributed by atoms with E-state index >= 15 is 0 Å². The number of nitrogens with one attached hydrogen (secondary N) is 1. The molecule has 0 aliphatic heterocycles. The fourth-order valence-electron chi connectivity index (χ4n) is 2.57. The Bertz CT molecular complexity index is 859. The number of anilines is 1. The minimum Gasteiger partial charge on any atom is -0.331 e. The zero-order chi connectivity index (χ0) is 17.3. The number of aromatic nitrogens is 2. The molecule has 3 nitrogen and oxygen atoms in total. The molecular weight excluding hydrogens is 389 g/mol. The van der Waals surface area contributed by atoms with Crippen LogP contribution in [-0.4, -0.2) is 9.78 Å². The second-order valence-corrected chi connectivity index (χ2v) is 6.77. The topological polar surface area (TPSA) is 29.9 Å². The van der Waals surface area contributed by atoms with Gasteiger partial charge in [-0.3, -0.25) is 0 Å². The van der Waals surface area contributed by atoms with Crippen molar-refractivity contribution in [2.75, 3.05) is 4.72 Å². The van der Waals surface area contributed by atoms with Gasteiger partial charge in [0.15, 0.2) is 0 Å². The average Bonchev–Trinajstić information content (AvgIpc) is 2.93. The molecule has 0 radical (unpaired) electrons. The molecule has 2 aromatic carbocycles. The van der Waals surface area contributed by atoms with Crippen LogP contribution >= 0.6 is 28.7 Å². The maximum atomic E-state index is 13.3. The Morgan fingerprint density at radius 3 is 2.42 bits per heavy atom. The summed E-state index contributed by atoms with van der Waals surface area (Å²) in [4.78, 5) is 0. The first kappa shape index (κ1) is 17.0.